The van der Waals surface area contributed by atoms with Gasteiger partial charge in [-0.25, -0.2) is 0 Å². The lowest BCUT2D eigenvalue weighted by Gasteiger charge is -2.22. The third kappa shape index (κ3) is 5.41. The van der Waals surface area contributed by atoms with Gasteiger partial charge < -0.3 is 9.13 Å². The van der Waals surface area contributed by atoms with Gasteiger partial charge in [0.05, 0.1) is 0 Å². The van der Waals surface area contributed by atoms with Crippen molar-refractivity contribution < 1.29 is 9.13 Å². The molecule has 2 aliphatic carbocycles. The highest BCUT2D eigenvalue weighted by Gasteiger charge is 2.36. The molecule has 0 heterocycles. The van der Waals surface area contributed by atoms with Gasteiger partial charge >= 0.3 is 0 Å². The van der Waals surface area contributed by atoms with Gasteiger partial charge in [0, 0.05) is 31.8 Å². The molecular weight excluding hydrogens is 719 g/mol. The number of rotatable bonds is 6. The molecule has 2 nitrogen and oxygen atoms in total. The van der Waals surface area contributed by atoms with Crippen molar-refractivity contribution in [2.75, 3.05) is 0 Å². The fourth-order valence-corrected chi connectivity index (χ4v) is 13.9. The molecule has 0 atom stereocenters. The minimum absolute atomic E-state index is 0.758. The molecule has 266 valence electrons. The van der Waals surface area contributed by atoms with Crippen molar-refractivity contribution in [1.29, 1.82) is 0 Å². The Hall–Kier alpha value is -6.30. The monoisotopic (exact) mass is 754 g/mol. The van der Waals surface area contributed by atoms with Crippen LogP contribution in [0.1, 0.15) is 33.4 Å². The highest BCUT2D eigenvalue weighted by atomic mass is 31.2. The molecule has 0 unspecified atom stereocenters. The minimum atomic E-state index is -3.31. The molecular formula is C52H36O2P2. The van der Waals surface area contributed by atoms with E-state index in [9.17, 15) is 0 Å². The first-order valence-electron chi connectivity index (χ1n) is 18.9. The van der Waals surface area contributed by atoms with Crippen LogP contribution in [0.15, 0.2) is 206 Å². The highest BCUT2D eigenvalue weighted by molar-refractivity contribution is 7.85. The van der Waals surface area contributed by atoms with Gasteiger partial charge in [-0.05, 0) is 67.8 Å². The summed E-state index contributed by atoms with van der Waals surface area (Å²) >= 11 is 0. The zero-order valence-electron chi connectivity index (χ0n) is 30.5. The van der Waals surface area contributed by atoms with Crippen molar-refractivity contribution in [2.24, 2.45) is 0 Å². The van der Waals surface area contributed by atoms with Gasteiger partial charge in [0.2, 0.25) is 0 Å². The third-order valence-electron chi connectivity index (χ3n) is 11.2. The van der Waals surface area contributed by atoms with Crippen molar-refractivity contribution in [3.8, 4) is 11.1 Å². The summed E-state index contributed by atoms with van der Waals surface area (Å²) in [5, 5.41) is 4.65. The van der Waals surface area contributed by atoms with Crippen LogP contribution in [-0.4, -0.2) is 0 Å². The molecule has 2 aliphatic rings. The molecule has 0 bridgehead atoms. The molecule has 4 heteroatoms. The molecule has 0 fully saturated rings. The fourth-order valence-electron chi connectivity index (χ4n) is 8.53. The van der Waals surface area contributed by atoms with Gasteiger partial charge in [0.25, 0.3) is 0 Å². The van der Waals surface area contributed by atoms with Crippen LogP contribution in [-0.2, 0) is 9.13 Å². The Morgan fingerprint density at radius 3 is 0.911 bits per heavy atom. The lowest BCUT2D eigenvalue weighted by Crippen LogP contribution is -2.25. The van der Waals surface area contributed by atoms with E-state index in [1.54, 1.807) is 0 Å². The van der Waals surface area contributed by atoms with Crippen LogP contribution in [0.5, 0.6) is 0 Å². The van der Waals surface area contributed by atoms with Gasteiger partial charge in [0.1, 0.15) is 0 Å². The molecule has 56 heavy (non-hydrogen) atoms. The normalized spacial score (nSPS) is 13.0. The summed E-state index contributed by atoms with van der Waals surface area (Å²) < 4.78 is 31.6. The van der Waals surface area contributed by atoms with E-state index in [1.165, 1.54) is 0 Å². The maximum Gasteiger partial charge on any atom is 0.171 e. The quantitative estimate of drug-likeness (QED) is 0.159. The summed E-state index contributed by atoms with van der Waals surface area (Å²) in [5.41, 5.74) is 10.9. The van der Waals surface area contributed by atoms with Gasteiger partial charge in [-0.15, -0.1) is 0 Å². The lowest BCUT2D eigenvalue weighted by molar-refractivity contribution is 0.591. The zero-order valence-corrected chi connectivity index (χ0v) is 32.3. The topological polar surface area (TPSA) is 34.1 Å². The molecule has 0 saturated heterocycles. The second-order valence-electron chi connectivity index (χ2n) is 14.3. The molecule has 0 aromatic heterocycles. The van der Waals surface area contributed by atoms with Crippen molar-refractivity contribution >= 4 is 69.4 Å². The van der Waals surface area contributed by atoms with Crippen molar-refractivity contribution in [1.82, 2.24) is 0 Å². The molecule has 0 saturated carbocycles. The van der Waals surface area contributed by atoms with E-state index < -0.39 is 14.3 Å². The molecule has 8 aromatic carbocycles. The molecule has 0 N–H and O–H groups in total. The van der Waals surface area contributed by atoms with Crippen molar-refractivity contribution in [2.45, 2.75) is 0 Å². The zero-order chi connectivity index (χ0) is 37.7. The van der Waals surface area contributed by atoms with Crippen LogP contribution in [0.2, 0.25) is 0 Å². The van der Waals surface area contributed by atoms with Crippen molar-refractivity contribution in [3.63, 3.8) is 0 Å². The van der Waals surface area contributed by atoms with Crippen LogP contribution in [0.4, 0.5) is 0 Å². The van der Waals surface area contributed by atoms with E-state index in [-0.39, 0.29) is 0 Å². The Morgan fingerprint density at radius 2 is 0.554 bits per heavy atom. The minimum Gasteiger partial charge on any atom is -0.309 e. The van der Waals surface area contributed by atoms with Gasteiger partial charge in [-0.1, -0.05) is 206 Å². The average Bonchev–Trinajstić information content (AvgIpc) is 3.49. The number of hydrogen-bond acceptors (Lipinski definition) is 2. The summed E-state index contributed by atoms with van der Waals surface area (Å²) in [7, 11) is -6.61. The predicted molar refractivity (Wildman–Crippen MR) is 237 cm³/mol. The molecule has 0 amide bonds. The molecule has 8 aromatic rings. The lowest BCUT2D eigenvalue weighted by atomic mass is 9.86. The van der Waals surface area contributed by atoms with E-state index in [4.69, 9.17) is 0 Å². The first kappa shape index (κ1) is 34.2. The largest absolute Gasteiger partial charge is 0.309 e. The number of benzene rings is 8. The summed E-state index contributed by atoms with van der Waals surface area (Å²) in [6.45, 7) is 0. The smallest absolute Gasteiger partial charge is 0.171 e. The SMILES string of the molecule is O=P(c1ccccc1)(c1ccccc1)c1ccc2c(c1)-c1cc(P(=O)(c3ccccc3)c3ccccc3)ccc1C2=C1c2ccccc2C=Cc2ccccc21. The molecule has 0 aliphatic heterocycles. The Balaban J connectivity index is 1.30. The average molecular weight is 755 g/mol. The van der Waals surface area contributed by atoms with Crippen LogP contribution < -0.4 is 31.8 Å². The first-order chi connectivity index (χ1) is 27.5. The van der Waals surface area contributed by atoms with Crippen LogP contribution >= 0.6 is 14.3 Å². The van der Waals surface area contributed by atoms with Gasteiger partial charge in [-0.3, -0.25) is 0 Å². The summed E-state index contributed by atoms with van der Waals surface area (Å²) in [5.74, 6) is 0. The van der Waals surface area contributed by atoms with E-state index in [0.29, 0.717) is 0 Å². The van der Waals surface area contributed by atoms with Crippen LogP contribution in [0, 0.1) is 0 Å². The van der Waals surface area contributed by atoms with Gasteiger partial charge in [0.15, 0.2) is 14.3 Å². The molecule has 0 spiro atoms. The Labute approximate surface area is 327 Å². The number of hydrogen-bond donors (Lipinski definition) is 0. The standard InChI is InChI=1S/C52H36O2P2/c53-55(39-19-5-1-6-20-39,40-21-7-2-8-22-40)43-31-33-47-49(35-43)50-36-44(56(54,41-23-9-3-10-24-41)42-25-11-4-12-26-42)32-34-48(50)52(47)51-45-27-15-13-17-37(45)29-30-38-18-14-16-28-46(38)51/h1-36H. The number of fused-ring (bicyclic) bond motifs is 5. The summed E-state index contributed by atoms with van der Waals surface area (Å²) in [6, 6.07) is 69.3. The second kappa shape index (κ2) is 13.8. The highest BCUT2D eigenvalue weighted by Crippen LogP contribution is 2.53. The second-order valence-corrected chi connectivity index (χ2v) is 19.8. The van der Waals surface area contributed by atoms with Crippen LogP contribution in [0.3, 0.4) is 0 Å². The molecule has 0 radical (unpaired) electrons. The fraction of sp³-hybridized carbons (Fsp3) is 0. The summed E-state index contributed by atoms with van der Waals surface area (Å²) in [6.07, 6.45) is 4.41. The predicted octanol–water partition coefficient (Wildman–Crippen LogP) is 10.4. The van der Waals surface area contributed by atoms with E-state index in [0.717, 1.165) is 87.5 Å². The third-order valence-corrected chi connectivity index (χ3v) is 17.3. The Morgan fingerprint density at radius 1 is 0.250 bits per heavy atom. The Kier molecular flexibility index (Phi) is 8.41. The van der Waals surface area contributed by atoms with E-state index in [2.05, 4.69) is 97.1 Å². The summed E-state index contributed by atoms with van der Waals surface area (Å²) in [4.78, 5) is 0. The van der Waals surface area contributed by atoms with E-state index in [1.807, 2.05) is 121 Å². The molecule has 10 rings (SSSR count). The van der Waals surface area contributed by atoms with Crippen molar-refractivity contribution in [3.05, 3.63) is 240 Å². The Bertz CT molecular complexity index is 2660. The van der Waals surface area contributed by atoms with Gasteiger partial charge in [-0.2, -0.15) is 0 Å². The van der Waals surface area contributed by atoms with E-state index >= 15 is 9.13 Å². The first-order valence-corrected chi connectivity index (χ1v) is 22.3. The maximum atomic E-state index is 15.8. The van der Waals surface area contributed by atoms with Crippen LogP contribution in [0.25, 0.3) is 34.4 Å². The maximum absolute atomic E-state index is 15.8.